The van der Waals surface area contributed by atoms with Crippen LogP contribution in [0.5, 0.6) is 0 Å². The van der Waals surface area contributed by atoms with Crippen LogP contribution in [-0.4, -0.2) is 32.7 Å². The average Bonchev–Trinajstić information content (AvgIpc) is 3.09. The number of benzene rings is 3. The first-order chi connectivity index (χ1) is 15.0. The Hall–Kier alpha value is -2.77. The van der Waals surface area contributed by atoms with Gasteiger partial charge >= 0.3 is 5.97 Å². The van der Waals surface area contributed by atoms with Crippen LogP contribution in [0.1, 0.15) is 17.9 Å². The summed E-state index contributed by atoms with van der Waals surface area (Å²) in [6, 6.07) is 17.8. The molecule has 0 saturated heterocycles. The summed E-state index contributed by atoms with van der Waals surface area (Å²) in [7, 11) is 0. The Bertz CT molecular complexity index is 1200. The number of aliphatic carboxylic acids is 1. The van der Waals surface area contributed by atoms with E-state index in [0.717, 1.165) is 22.0 Å². The third-order valence-corrected chi connectivity index (χ3v) is 8.43. The maximum Gasteiger partial charge on any atom is 0.326 e. The summed E-state index contributed by atoms with van der Waals surface area (Å²) in [5.74, 6) is -1.28. The second-order valence-corrected chi connectivity index (χ2v) is 9.74. The van der Waals surface area contributed by atoms with Crippen LogP contribution < -0.4 is 5.32 Å². The lowest BCUT2D eigenvalue weighted by Gasteiger charge is -2.36. The summed E-state index contributed by atoms with van der Waals surface area (Å²) in [4.78, 5) is 23.7. The van der Waals surface area contributed by atoms with Gasteiger partial charge in [-0.15, -0.1) is 23.4 Å². The number of halogens is 1. The number of nitrogens with zero attached hydrogens (tertiary/aromatic N) is 1. The lowest BCUT2D eigenvalue weighted by Crippen LogP contribution is -2.42. The van der Waals surface area contributed by atoms with Crippen LogP contribution in [0.2, 0.25) is 0 Å². The molecule has 0 aromatic heterocycles. The van der Waals surface area contributed by atoms with E-state index in [4.69, 9.17) is 11.6 Å². The Kier molecular flexibility index (Phi) is 5.02. The number of thioether (sulfide) groups is 1. The summed E-state index contributed by atoms with van der Waals surface area (Å²) in [5.41, 5.74) is 1.89. The lowest BCUT2D eigenvalue weighted by molar-refractivity contribution is -0.387. The van der Waals surface area contributed by atoms with Crippen LogP contribution in [-0.2, 0) is 4.79 Å². The second-order valence-electron chi connectivity index (χ2n) is 7.96. The molecule has 5 atom stereocenters. The molecule has 0 spiro atoms. The van der Waals surface area contributed by atoms with E-state index in [-0.39, 0.29) is 28.2 Å². The normalized spacial score (nSPS) is 26.7. The molecule has 0 bridgehead atoms. The van der Waals surface area contributed by atoms with Crippen molar-refractivity contribution in [1.82, 2.24) is 0 Å². The summed E-state index contributed by atoms with van der Waals surface area (Å²) in [5, 5.41) is 26.2. The molecule has 158 valence electrons. The first-order valence-corrected chi connectivity index (χ1v) is 11.3. The van der Waals surface area contributed by atoms with Gasteiger partial charge in [0.15, 0.2) is 0 Å². The average molecular weight is 455 g/mol. The van der Waals surface area contributed by atoms with Gasteiger partial charge in [-0.05, 0) is 40.8 Å². The molecule has 8 heteroatoms. The summed E-state index contributed by atoms with van der Waals surface area (Å²) < 4.78 is 0. The molecule has 2 N–H and O–H groups in total. The van der Waals surface area contributed by atoms with Gasteiger partial charge in [-0.2, -0.15) is 0 Å². The Morgan fingerprint density at radius 1 is 1.13 bits per heavy atom. The number of fused-ring (bicyclic) bond motifs is 5. The molecule has 2 aliphatic rings. The van der Waals surface area contributed by atoms with Crippen molar-refractivity contribution in [2.45, 2.75) is 33.9 Å². The molecule has 1 fully saturated rings. The zero-order valence-corrected chi connectivity index (χ0v) is 17.8. The van der Waals surface area contributed by atoms with Crippen LogP contribution in [0.25, 0.3) is 10.8 Å². The van der Waals surface area contributed by atoms with Crippen molar-refractivity contribution in [3.8, 4) is 0 Å². The minimum absolute atomic E-state index is 0.0463. The number of rotatable bonds is 4. The molecule has 3 aromatic carbocycles. The Morgan fingerprint density at radius 3 is 2.65 bits per heavy atom. The number of alkyl halides is 1. The number of carboxylic acid groups (broad SMARTS) is 1. The topological polar surface area (TPSA) is 92.5 Å². The number of nitro benzene ring substituents is 1. The highest BCUT2D eigenvalue weighted by atomic mass is 35.5. The number of nitrogens with one attached hydrogen (secondary N) is 1. The van der Waals surface area contributed by atoms with Crippen LogP contribution in [0.15, 0.2) is 65.6 Å². The van der Waals surface area contributed by atoms with Gasteiger partial charge in [-0.25, -0.2) is 4.79 Å². The van der Waals surface area contributed by atoms with E-state index >= 15 is 0 Å². The van der Waals surface area contributed by atoms with Crippen LogP contribution in [0.4, 0.5) is 11.4 Å². The molecule has 1 aliphatic carbocycles. The molecule has 0 unspecified atom stereocenters. The highest BCUT2D eigenvalue weighted by Gasteiger charge is 2.52. The smallest absolute Gasteiger partial charge is 0.326 e. The van der Waals surface area contributed by atoms with Crippen LogP contribution in [0.3, 0.4) is 0 Å². The van der Waals surface area contributed by atoms with Gasteiger partial charge in [0.05, 0.1) is 15.2 Å². The Balaban J connectivity index is 1.58. The molecule has 3 aromatic rings. The molecule has 1 aliphatic heterocycles. The van der Waals surface area contributed by atoms with Gasteiger partial charge in [0.2, 0.25) is 0 Å². The third-order valence-electron chi connectivity index (χ3n) is 6.31. The summed E-state index contributed by atoms with van der Waals surface area (Å²) >= 11 is 8.40. The van der Waals surface area contributed by atoms with E-state index < -0.39 is 16.9 Å². The van der Waals surface area contributed by atoms with Gasteiger partial charge < -0.3 is 10.4 Å². The van der Waals surface area contributed by atoms with Gasteiger partial charge in [0.1, 0.15) is 6.04 Å². The molecule has 1 heterocycles. The van der Waals surface area contributed by atoms with Gasteiger partial charge in [0.25, 0.3) is 5.69 Å². The predicted octanol–water partition coefficient (Wildman–Crippen LogP) is 5.50. The minimum atomic E-state index is -0.908. The molecule has 0 amide bonds. The third kappa shape index (κ3) is 3.32. The minimum Gasteiger partial charge on any atom is -0.480 e. The van der Waals surface area contributed by atoms with Crippen molar-refractivity contribution in [3.63, 3.8) is 0 Å². The van der Waals surface area contributed by atoms with Crippen molar-refractivity contribution in [1.29, 1.82) is 0 Å². The first-order valence-electron chi connectivity index (χ1n) is 10.0. The highest BCUT2D eigenvalue weighted by molar-refractivity contribution is 8.00. The molecule has 6 nitrogen and oxygen atoms in total. The van der Waals surface area contributed by atoms with E-state index in [9.17, 15) is 20.0 Å². The van der Waals surface area contributed by atoms with E-state index in [1.54, 1.807) is 18.2 Å². The number of carboxylic acids is 1. The van der Waals surface area contributed by atoms with Crippen molar-refractivity contribution in [2.75, 3.05) is 5.32 Å². The summed E-state index contributed by atoms with van der Waals surface area (Å²) in [6.07, 6.45) is 0.558. The SMILES string of the molecule is O=C(O)[C@@H]1Nc2ccc3ccccc3c2[C@@H]2[C@@H](Cl)[C@@H](Sc3ccccc3[N+](=O)[O-])C[C@H]21. The first kappa shape index (κ1) is 20.2. The zero-order valence-electron chi connectivity index (χ0n) is 16.3. The Labute approximate surface area is 187 Å². The maximum absolute atomic E-state index is 12.1. The molecule has 31 heavy (non-hydrogen) atoms. The number of para-hydroxylation sites is 1. The molecular formula is C23H19ClN2O4S. The van der Waals surface area contributed by atoms with E-state index in [0.29, 0.717) is 11.3 Å². The van der Waals surface area contributed by atoms with Gasteiger partial charge in [-0.3, -0.25) is 10.1 Å². The van der Waals surface area contributed by atoms with Crippen molar-refractivity contribution in [2.24, 2.45) is 5.92 Å². The van der Waals surface area contributed by atoms with E-state index in [1.165, 1.54) is 17.8 Å². The number of hydrogen-bond acceptors (Lipinski definition) is 5. The fourth-order valence-electron chi connectivity index (χ4n) is 5.01. The number of hydrogen-bond donors (Lipinski definition) is 2. The molecule has 0 radical (unpaired) electrons. The second kappa shape index (κ2) is 7.73. The van der Waals surface area contributed by atoms with Crippen LogP contribution in [0, 0.1) is 16.0 Å². The number of nitro groups is 1. The molecular weight excluding hydrogens is 436 g/mol. The van der Waals surface area contributed by atoms with Crippen molar-refractivity contribution in [3.05, 3.63) is 76.3 Å². The van der Waals surface area contributed by atoms with E-state index in [1.807, 2.05) is 36.4 Å². The van der Waals surface area contributed by atoms with Crippen molar-refractivity contribution >= 4 is 51.5 Å². The quantitative estimate of drug-likeness (QED) is 0.307. The number of anilines is 1. The fraction of sp³-hybridized carbons (Fsp3) is 0.261. The zero-order chi connectivity index (χ0) is 21.7. The molecule has 5 rings (SSSR count). The molecule has 1 saturated carbocycles. The van der Waals surface area contributed by atoms with Crippen molar-refractivity contribution < 1.29 is 14.8 Å². The predicted molar refractivity (Wildman–Crippen MR) is 122 cm³/mol. The fourth-order valence-corrected chi connectivity index (χ4v) is 6.95. The van der Waals surface area contributed by atoms with Gasteiger partial charge in [0, 0.05) is 22.9 Å². The van der Waals surface area contributed by atoms with Crippen LogP contribution >= 0.6 is 23.4 Å². The Morgan fingerprint density at radius 2 is 1.87 bits per heavy atom. The summed E-state index contributed by atoms with van der Waals surface area (Å²) in [6.45, 7) is 0. The monoisotopic (exact) mass is 454 g/mol. The highest BCUT2D eigenvalue weighted by Crippen LogP contribution is 2.56. The lowest BCUT2D eigenvalue weighted by atomic mass is 9.77. The largest absolute Gasteiger partial charge is 0.480 e. The number of carbonyl (C=O) groups is 1. The maximum atomic E-state index is 12.1. The van der Waals surface area contributed by atoms with Gasteiger partial charge in [-0.1, -0.05) is 42.5 Å². The standard InChI is InChI=1S/C23H19ClN2O4S/c24-21-18(31-17-8-4-3-7-16(17)26(29)30)11-14-20(21)19-13-6-2-1-5-12(13)9-10-15(19)25-22(14)23(27)28/h1-10,14,18,20-22,25H,11H2,(H,27,28)/t14-,18+,20-,21+,22-/m1/s1. The van der Waals surface area contributed by atoms with E-state index in [2.05, 4.69) is 5.32 Å².